The first-order chi connectivity index (χ1) is 12.4. The highest BCUT2D eigenvalue weighted by Gasteiger charge is 2.24. The molecule has 4 N–H and O–H groups in total. The molecule has 0 bridgehead atoms. The summed E-state index contributed by atoms with van der Waals surface area (Å²) in [4.78, 5) is 17.8. The van der Waals surface area contributed by atoms with E-state index in [1.54, 1.807) is 15.4 Å². The topological polar surface area (TPSA) is 117 Å². The molecule has 0 aliphatic heterocycles. The molecule has 0 spiro atoms. The van der Waals surface area contributed by atoms with Gasteiger partial charge in [-0.2, -0.15) is 10.2 Å². The van der Waals surface area contributed by atoms with Gasteiger partial charge in [-0.3, -0.25) is 14.5 Å². The molecule has 9 heteroatoms. The molecular formula is C17H17N7OS. The Bertz CT molecular complexity index is 1170. The highest BCUT2D eigenvalue weighted by atomic mass is 32.1. The molecule has 26 heavy (non-hydrogen) atoms. The summed E-state index contributed by atoms with van der Waals surface area (Å²) in [6.07, 6.45) is 5.06. The highest BCUT2D eigenvalue weighted by molar-refractivity contribution is 7.21. The lowest BCUT2D eigenvalue weighted by atomic mass is 10.1. The fraction of sp³-hybridized carbons (Fsp3) is 0.176. The van der Waals surface area contributed by atoms with Crippen LogP contribution in [-0.2, 0) is 7.05 Å². The number of hydrogen-bond donors (Lipinski definition) is 2. The average Bonchev–Trinajstić information content (AvgIpc) is 3.22. The lowest BCUT2D eigenvalue weighted by Crippen LogP contribution is -2.09. The van der Waals surface area contributed by atoms with E-state index in [2.05, 4.69) is 15.2 Å². The van der Waals surface area contributed by atoms with Gasteiger partial charge in [0, 0.05) is 30.1 Å². The molecule has 0 aromatic carbocycles. The summed E-state index contributed by atoms with van der Waals surface area (Å²) in [6, 6.07) is 1.87. The van der Waals surface area contributed by atoms with Crippen LogP contribution >= 0.6 is 11.3 Å². The van der Waals surface area contributed by atoms with Crippen LogP contribution in [0.4, 0.5) is 5.69 Å². The van der Waals surface area contributed by atoms with Crippen molar-refractivity contribution in [1.29, 1.82) is 0 Å². The fourth-order valence-corrected chi connectivity index (χ4v) is 4.32. The van der Waals surface area contributed by atoms with Gasteiger partial charge in [-0.25, -0.2) is 4.52 Å². The first-order valence-corrected chi connectivity index (χ1v) is 8.72. The second kappa shape index (κ2) is 5.67. The number of carbonyl (C=O) groups is 1. The molecule has 0 fully saturated rings. The molecule has 0 saturated carbocycles. The molecule has 0 unspecified atom stereocenters. The van der Waals surface area contributed by atoms with Crippen LogP contribution < -0.4 is 11.5 Å². The van der Waals surface area contributed by atoms with Gasteiger partial charge in [0.1, 0.15) is 4.83 Å². The van der Waals surface area contributed by atoms with Crippen LogP contribution in [-0.4, -0.2) is 30.3 Å². The van der Waals surface area contributed by atoms with Crippen molar-refractivity contribution < 1.29 is 4.79 Å². The third-order valence-corrected chi connectivity index (χ3v) is 5.44. The number of nitrogens with zero attached hydrogens (tertiary/aromatic N) is 5. The number of aryl methyl sites for hydroxylation is 3. The van der Waals surface area contributed by atoms with E-state index in [4.69, 9.17) is 11.5 Å². The van der Waals surface area contributed by atoms with Gasteiger partial charge in [-0.15, -0.1) is 11.3 Å². The largest absolute Gasteiger partial charge is 0.397 e. The van der Waals surface area contributed by atoms with Crippen LogP contribution in [0.3, 0.4) is 0 Å². The van der Waals surface area contributed by atoms with Gasteiger partial charge in [0.05, 0.1) is 39.9 Å². The highest BCUT2D eigenvalue weighted by Crippen LogP contribution is 2.42. The number of nitrogens with two attached hydrogens (primary N) is 2. The van der Waals surface area contributed by atoms with E-state index in [9.17, 15) is 4.79 Å². The molecule has 4 heterocycles. The predicted molar refractivity (Wildman–Crippen MR) is 101 cm³/mol. The Morgan fingerprint density at radius 2 is 1.96 bits per heavy atom. The van der Waals surface area contributed by atoms with Gasteiger partial charge < -0.3 is 11.5 Å². The van der Waals surface area contributed by atoms with Crippen LogP contribution in [0.2, 0.25) is 0 Å². The van der Waals surface area contributed by atoms with Crippen molar-refractivity contribution in [2.45, 2.75) is 13.8 Å². The summed E-state index contributed by atoms with van der Waals surface area (Å²) in [7, 11) is 1.87. The molecule has 0 aliphatic carbocycles. The first-order valence-electron chi connectivity index (χ1n) is 7.90. The fourth-order valence-electron chi connectivity index (χ4n) is 3.04. The Hall–Kier alpha value is -3.20. The van der Waals surface area contributed by atoms with Crippen LogP contribution in [0.25, 0.3) is 26.5 Å². The van der Waals surface area contributed by atoms with Crippen LogP contribution in [0.5, 0.6) is 0 Å². The summed E-state index contributed by atoms with van der Waals surface area (Å²) in [6.45, 7) is 3.86. The Labute approximate surface area is 153 Å². The molecule has 0 radical (unpaired) electrons. The molecule has 0 aliphatic rings. The number of anilines is 1. The normalized spacial score (nSPS) is 11.3. The molecular weight excluding hydrogens is 350 g/mol. The molecule has 4 aromatic rings. The van der Waals surface area contributed by atoms with E-state index >= 15 is 0 Å². The Balaban J connectivity index is 2.12. The molecule has 4 aromatic heterocycles. The van der Waals surface area contributed by atoms with Crippen molar-refractivity contribution in [3.8, 4) is 21.7 Å². The summed E-state index contributed by atoms with van der Waals surface area (Å²) >= 11 is 1.45. The van der Waals surface area contributed by atoms with Gasteiger partial charge in [-0.05, 0) is 19.9 Å². The molecule has 4 rings (SSSR count). The monoisotopic (exact) mass is 367 g/mol. The van der Waals surface area contributed by atoms with Gasteiger partial charge in [0.15, 0.2) is 0 Å². The van der Waals surface area contributed by atoms with E-state index in [0.717, 1.165) is 33.1 Å². The standard InChI is InChI=1S/C17H17N7OS/c1-8-11(4-10(18)5-20-8)14-15(13-7-23(3)22-9(13)2)26-17-12(16(19)25)6-21-24(14)17/h4-7H,18H2,1-3H3,(H2,19,25). The SMILES string of the molecule is Cc1nn(C)cc1-c1sc2c(C(N)=O)cnn2c1-c1cc(N)cnc1C. The van der Waals surface area contributed by atoms with Crippen molar-refractivity contribution in [2.24, 2.45) is 12.8 Å². The number of primary amides is 1. The number of hydrogen-bond acceptors (Lipinski definition) is 6. The first kappa shape index (κ1) is 16.3. The minimum atomic E-state index is -0.510. The summed E-state index contributed by atoms with van der Waals surface area (Å²) < 4.78 is 3.49. The zero-order valence-corrected chi connectivity index (χ0v) is 15.3. The van der Waals surface area contributed by atoms with Crippen LogP contribution in [0.1, 0.15) is 21.7 Å². The minimum absolute atomic E-state index is 0.388. The zero-order valence-electron chi connectivity index (χ0n) is 14.5. The van der Waals surface area contributed by atoms with E-state index < -0.39 is 5.91 Å². The van der Waals surface area contributed by atoms with E-state index in [-0.39, 0.29) is 0 Å². The third-order valence-electron chi connectivity index (χ3n) is 4.24. The number of thiazole rings is 1. The average molecular weight is 367 g/mol. The van der Waals surface area contributed by atoms with Gasteiger partial charge in [-0.1, -0.05) is 0 Å². The van der Waals surface area contributed by atoms with Crippen molar-refractivity contribution in [2.75, 3.05) is 5.73 Å². The van der Waals surface area contributed by atoms with E-state index in [1.165, 1.54) is 17.5 Å². The lowest BCUT2D eigenvalue weighted by molar-refractivity contribution is 0.100. The number of aromatic nitrogens is 5. The Kier molecular flexibility index (Phi) is 3.55. The number of nitrogen functional groups attached to an aromatic ring is 1. The Morgan fingerprint density at radius 1 is 1.19 bits per heavy atom. The summed E-state index contributed by atoms with van der Waals surface area (Å²) in [5.74, 6) is -0.510. The third kappa shape index (κ3) is 2.36. The van der Waals surface area contributed by atoms with Crippen molar-refractivity contribution in [1.82, 2.24) is 24.4 Å². The van der Waals surface area contributed by atoms with Crippen LogP contribution in [0.15, 0.2) is 24.7 Å². The minimum Gasteiger partial charge on any atom is -0.397 e. The van der Waals surface area contributed by atoms with Gasteiger partial charge in [0.2, 0.25) is 0 Å². The molecule has 0 saturated heterocycles. The van der Waals surface area contributed by atoms with E-state index in [0.29, 0.717) is 16.1 Å². The van der Waals surface area contributed by atoms with Crippen molar-refractivity contribution >= 4 is 27.8 Å². The maximum Gasteiger partial charge on any atom is 0.253 e. The second-order valence-corrected chi connectivity index (χ2v) is 7.12. The number of amides is 1. The summed E-state index contributed by atoms with van der Waals surface area (Å²) in [5.41, 5.74) is 16.8. The summed E-state index contributed by atoms with van der Waals surface area (Å²) in [5, 5.41) is 8.84. The predicted octanol–water partition coefficient (Wildman–Crippen LogP) is 2.16. The number of carbonyl (C=O) groups excluding carboxylic acids is 1. The molecule has 0 atom stereocenters. The lowest BCUT2D eigenvalue weighted by Gasteiger charge is -2.08. The van der Waals surface area contributed by atoms with E-state index in [1.807, 2.05) is 33.2 Å². The smallest absolute Gasteiger partial charge is 0.253 e. The maximum atomic E-state index is 11.8. The maximum absolute atomic E-state index is 11.8. The van der Waals surface area contributed by atoms with Gasteiger partial charge in [0.25, 0.3) is 5.91 Å². The quantitative estimate of drug-likeness (QED) is 0.575. The molecule has 8 nitrogen and oxygen atoms in total. The molecule has 132 valence electrons. The number of fused-ring (bicyclic) bond motifs is 1. The number of pyridine rings is 1. The van der Waals surface area contributed by atoms with Crippen molar-refractivity contribution in [3.63, 3.8) is 0 Å². The molecule has 1 amide bonds. The Morgan fingerprint density at radius 3 is 2.62 bits per heavy atom. The second-order valence-electron chi connectivity index (χ2n) is 6.12. The van der Waals surface area contributed by atoms with Gasteiger partial charge >= 0.3 is 0 Å². The van der Waals surface area contributed by atoms with Crippen molar-refractivity contribution in [3.05, 3.63) is 41.6 Å². The van der Waals surface area contributed by atoms with Crippen LogP contribution in [0, 0.1) is 13.8 Å². The number of rotatable bonds is 3. The zero-order chi connectivity index (χ0) is 18.6.